The van der Waals surface area contributed by atoms with Crippen molar-refractivity contribution < 1.29 is 24.2 Å². The number of aryl methyl sites for hydroxylation is 1. The molecule has 5 aromatic rings. The molecule has 6 rings (SSSR count). The fourth-order valence-corrected chi connectivity index (χ4v) is 5.28. The molecule has 1 amide bonds. The van der Waals surface area contributed by atoms with Gasteiger partial charge in [0.25, 0.3) is 11.7 Å². The summed E-state index contributed by atoms with van der Waals surface area (Å²) in [5, 5.41) is 11.6. The van der Waals surface area contributed by atoms with Gasteiger partial charge in [-0.25, -0.2) is 0 Å². The van der Waals surface area contributed by atoms with E-state index in [-0.39, 0.29) is 17.9 Å². The Labute approximate surface area is 255 Å². The van der Waals surface area contributed by atoms with E-state index in [4.69, 9.17) is 9.47 Å². The quantitative estimate of drug-likeness (QED) is 0.111. The molecule has 0 bridgehead atoms. The Bertz CT molecular complexity index is 1820. The summed E-state index contributed by atoms with van der Waals surface area (Å²) in [4.78, 5) is 32.7. The highest BCUT2D eigenvalue weighted by atomic mass is 16.5. The number of carbonyl (C=O) groups excluding carboxylic acids is 2. The predicted octanol–water partition coefficient (Wildman–Crippen LogP) is 7.38. The smallest absolute Gasteiger partial charge is 0.295 e. The van der Waals surface area contributed by atoms with E-state index in [1.165, 1.54) is 4.90 Å². The van der Waals surface area contributed by atoms with Crippen molar-refractivity contribution in [1.29, 1.82) is 0 Å². The molecule has 1 atom stereocenters. The van der Waals surface area contributed by atoms with Crippen LogP contribution in [-0.4, -0.2) is 26.7 Å². The third-order valence-electron chi connectivity index (χ3n) is 7.38. The second kappa shape index (κ2) is 12.7. The number of likely N-dealkylation sites (tertiary alicyclic amines) is 1. The van der Waals surface area contributed by atoms with Crippen LogP contribution in [0.5, 0.6) is 17.2 Å². The highest BCUT2D eigenvalue weighted by Gasteiger charge is 2.46. The molecule has 2 heterocycles. The lowest BCUT2D eigenvalue weighted by molar-refractivity contribution is -0.140. The minimum absolute atomic E-state index is 0.00387. The lowest BCUT2D eigenvalue weighted by Crippen LogP contribution is -2.29. The zero-order valence-electron chi connectivity index (χ0n) is 24.1. The number of ketones is 1. The molecule has 1 aliphatic heterocycles. The van der Waals surface area contributed by atoms with E-state index < -0.39 is 17.7 Å². The van der Waals surface area contributed by atoms with Gasteiger partial charge in [0.15, 0.2) is 0 Å². The van der Waals surface area contributed by atoms with Gasteiger partial charge in [0.2, 0.25) is 0 Å². The summed E-state index contributed by atoms with van der Waals surface area (Å²) in [5.74, 6) is 0.0806. The van der Waals surface area contributed by atoms with Gasteiger partial charge in [0.05, 0.1) is 11.6 Å². The van der Waals surface area contributed by atoms with Gasteiger partial charge >= 0.3 is 0 Å². The van der Waals surface area contributed by atoms with Gasteiger partial charge in [0, 0.05) is 24.5 Å². The zero-order valence-corrected chi connectivity index (χ0v) is 24.1. The number of hydrogen-bond donors (Lipinski definition) is 1. The monoisotopic (exact) mass is 582 g/mol. The molecular weight excluding hydrogens is 552 g/mol. The summed E-state index contributed by atoms with van der Waals surface area (Å²) in [5.41, 5.74) is 3.98. The number of para-hydroxylation sites is 1. The molecule has 0 aliphatic carbocycles. The summed E-state index contributed by atoms with van der Waals surface area (Å²) in [7, 11) is 0. The zero-order chi connectivity index (χ0) is 30.5. The van der Waals surface area contributed by atoms with Crippen LogP contribution in [0.2, 0.25) is 0 Å². The third-order valence-corrected chi connectivity index (χ3v) is 7.38. The van der Waals surface area contributed by atoms with Crippen molar-refractivity contribution >= 4 is 17.4 Å². The molecule has 1 fully saturated rings. The van der Waals surface area contributed by atoms with Crippen molar-refractivity contribution in [3.8, 4) is 17.2 Å². The summed E-state index contributed by atoms with van der Waals surface area (Å²) >= 11 is 0. The highest BCUT2D eigenvalue weighted by molar-refractivity contribution is 6.46. The maximum absolute atomic E-state index is 13.6. The Morgan fingerprint density at radius 2 is 1.55 bits per heavy atom. The minimum atomic E-state index is -0.855. The maximum Gasteiger partial charge on any atom is 0.295 e. The van der Waals surface area contributed by atoms with Crippen LogP contribution in [0, 0.1) is 6.92 Å². The summed E-state index contributed by atoms with van der Waals surface area (Å²) in [6.07, 6.45) is 3.30. The van der Waals surface area contributed by atoms with Crippen molar-refractivity contribution in [3.05, 3.63) is 161 Å². The molecule has 44 heavy (non-hydrogen) atoms. The van der Waals surface area contributed by atoms with Gasteiger partial charge in [-0.2, -0.15) is 0 Å². The van der Waals surface area contributed by atoms with E-state index in [2.05, 4.69) is 11.1 Å². The molecule has 4 aromatic carbocycles. The van der Waals surface area contributed by atoms with E-state index in [1.807, 2.05) is 67.6 Å². The minimum Gasteiger partial charge on any atom is -0.507 e. The van der Waals surface area contributed by atoms with Crippen LogP contribution in [0.15, 0.2) is 133 Å². The Morgan fingerprint density at radius 1 is 0.795 bits per heavy atom. The molecule has 7 nitrogen and oxygen atoms in total. The van der Waals surface area contributed by atoms with Crippen molar-refractivity contribution in [1.82, 2.24) is 9.88 Å². The standard InChI is InChI=1S/C37H30N2O5/c1-25-8-5-9-26(20-25)24-43-30-17-15-28(16-18-30)35(40)33-34(39(37(42)36(33)41)23-27-10-7-19-38-22-27)29-11-6-14-32(21-29)44-31-12-3-2-4-13-31/h2-22,34,40H,23-24H2,1H3/b35-33-. The maximum atomic E-state index is 13.6. The van der Waals surface area contributed by atoms with Crippen molar-refractivity contribution in [2.45, 2.75) is 26.1 Å². The number of aliphatic hydroxyl groups excluding tert-OH is 1. The molecule has 1 saturated heterocycles. The summed E-state index contributed by atoms with van der Waals surface area (Å²) in [6, 6.07) is 34.2. The predicted molar refractivity (Wildman–Crippen MR) is 167 cm³/mol. The molecule has 1 unspecified atom stereocenters. The number of pyridine rings is 1. The second-order valence-electron chi connectivity index (χ2n) is 10.6. The highest BCUT2D eigenvalue weighted by Crippen LogP contribution is 2.41. The molecule has 0 saturated carbocycles. The number of Topliss-reactive ketones (excluding diaryl/α,β-unsaturated/α-hetero) is 1. The number of aliphatic hydroxyl groups is 1. The molecule has 1 aromatic heterocycles. The van der Waals surface area contributed by atoms with Gasteiger partial charge in [-0.3, -0.25) is 14.6 Å². The number of benzene rings is 4. The number of nitrogens with zero attached hydrogens (tertiary/aromatic N) is 2. The van der Waals surface area contributed by atoms with Crippen molar-refractivity contribution in [3.63, 3.8) is 0 Å². The van der Waals surface area contributed by atoms with Crippen LogP contribution in [0.25, 0.3) is 5.76 Å². The van der Waals surface area contributed by atoms with Crippen LogP contribution in [0.3, 0.4) is 0 Å². The number of amides is 1. The Kier molecular flexibility index (Phi) is 8.19. The molecule has 7 heteroatoms. The van der Waals surface area contributed by atoms with Crippen LogP contribution in [-0.2, 0) is 22.7 Å². The first-order chi connectivity index (χ1) is 21.5. The largest absolute Gasteiger partial charge is 0.507 e. The first kappa shape index (κ1) is 28.4. The number of carbonyl (C=O) groups is 2. The van der Waals surface area contributed by atoms with Gasteiger partial charge in [0.1, 0.15) is 29.6 Å². The van der Waals surface area contributed by atoms with Gasteiger partial charge < -0.3 is 19.5 Å². The van der Waals surface area contributed by atoms with Crippen LogP contribution >= 0.6 is 0 Å². The fraction of sp³-hybridized carbons (Fsp3) is 0.108. The molecule has 1 N–H and O–H groups in total. The first-order valence-electron chi connectivity index (χ1n) is 14.3. The molecule has 0 radical (unpaired) electrons. The normalized spacial score (nSPS) is 15.8. The average molecular weight is 583 g/mol. The van der Waals surface area contributed by atoms with Gasteiger partial charge in [-0.15, -0.1) is 0 Å². The molecular formula is C37H30N2O5. The fourth-order valence-electron chi connectivity index (χ4n) is 5.28. The average Bonchev–Trinajstić information content (AvgIpc) is 3.30. The molecule has 218 valence electrons. The Balaban J connectivity index is 1.34. The van der Waals surface area contributed by atoms with E-state index in [9.17, 15) is 14.7 Å². The number of aromatic nitrogens is 1. The van der Waals surface area contributed by atoms with E-state index in [0.717, 1.165) is 16.7 Å². The van der Waals surface area contributed by atoms with Crippen LogP contribution in [0.4, 0.5) is 0 Å². The van der Waals surface area contributed by atoms with E-state index in [0.29, 0.717) is 35.0 Å². The van der Waals surface area contributed by atoms with E-state index in [1.54, 1.807) is 60.9 Å². The molecule has 0 spiro atoms. The summed E-state index contributed by atoms with van der Waals surface area (Å²) in [6.45, 7) is 2.56. The molecule has 1 aliphatic rings. The third kappa shape index (κ3) is 6.22. The topological polar surface area (TPSA) is 89.0 Å². The summed E-state index contributed by atoms with van der Waals surface area (Å²) < 4.78 is 12.0. The van der Waals surface area contributed by atoms with Crippen LogP contribution in [0.1, 0.15) is 33.9 Å². The van der Waals surface area contributed by atoms with Gasteiger partial charge in [-0.1, -0.05) is 66.2 Å². The second-order valence-corrected chi connectivity index (χ2v) is 10.6. The first-order valence-corrected chi connectivity index (χ1v) is 14.3. The van der Waals surface area contributed by atoms with E-state index >= 15 is 0 Å². The number of hydrogen-bond acceptors (Lipinski definition) is 6. The lowest BCUT2D eigenvalue weighted by Gasteiger charge is -2.25. The lowest BCUT2D eigenvalue weighted by atomic mass is 9.95. The van der Waals surface area contributed by atoms with Crippen molar-refractivity contribution in [2.24, 2.45) is 0 Å². The van der Waals surface area contributed by atoms with Crippen LogP contribution < -0.4 is 9.47 Å². The van der Waals surface area contributed by atoms with Gasteiger partial charge in [-0.05, 0) is 78.2 Å². The Morgan fingerprint density at radius 3 is 2.30 bits per heavy atom. The van der Waals surface area contributed by atoms with Crippen molar-refractivity contribution in [2.75, 3.05) is 0 Å². The number of rotatable bonds is 9. The SMILES string of the molecule is Cc1cccc(COc2ccc(/C(O)=C3/C(=O)C(=O)N(Cc4cccnc4)C3c3cccc(Oc4ccccc4)c3)cc2)c1. The Hall–Kier alpha value is -5.69. The number of ether oxygens (including phenoxy) is 2.